The number of methoxy groups -OCH3 is 2. The minimum absolute atomic E-state index is 0.0309. The second-order valence-electron chi connectivity index (χ2n) is 14.6. The molecule has 2 heterocycles. The Morgan fingerprint density at radius 2 is 1.60 bits per heavy atom. The Labute approximate surface area is 331 Å². The molecule has 0 saturated heterocycles. The van der Waals surface area contributed by atoms with Gasteiger partial charge >= 0.3 is 0 Å². The van der Waals surface area contributed by atoms with Gasteiger partial charge in [-0.25, -0.2) is 0 Å². The van der Waals surface area contributed by atoms with E-state index in [1.54, 1.807) is 50.2 Å². The van der Waals surface area contributed by atoms with E-state index in [0.717, 1.165) is 24.1 Å². The Morgan fingerprint density at radius 3 is 2.32 bits per heavy atom. The smallest absolute Gasteiger partial charge is 0.261 e. The molecule has 1 aliphatic carbocycles. The summed E-state index contributed by atoms with van der Waals surface area (Å²) in [6.45, 7) is 4.39. The maximum absolute atomic E-state index is 13.9. The number of carbonyl (C=O) groups is 5. The number of fused-ring (bicyclic) bond motifs is 4. The van der Waals surface area contributed by atoms with Gasteiger partial charge in [0.25, 0.3) is 17.4 Å². The van der Waals surface area contributed by atoms with Crippen molar-refractivity contribution in [1.29, 1.82) is 0 Å². The van der Waals surface area contributed by atoms with Crippen LogP contribution in [0, 0.1) is 5.92 Å². The predicted octanol–water partition coefficient (Wildman–Crippen LogP) is 2.35. The monoisotopic (exact) mass is 788 g/mol. The molecule has 5 rings (SSSR count). The third-order valence-electron chi connectivity index (χ3n) is 10.1. The number of ether oxygens (including phenoxy) is 3. The molecule has 0 saturated carbocycles. The number of benzene rings is 2. The Hall–Kier alpha value is -5.90. The first-order valence-corrected chi connectivity index (χ1v) is 19.2. The van der Waals surface area contributed by atoms with Gasteiger partial charge in [-0.2, -0.15) is 0 Å². The quantitative estimate of drug-likeness (QED) is 0.222. The molecule has 3 atom stereocenters. The second kappa shape index (κ2) is 19.3. The van der Waals surface area contributed by atoms with E-state index in [0.29, 0.717) is 48.5 Å². The summed E-state index contributed by atoms with van der Waals surface area (Å²) in [6.07, 6.45) is 2.60. The van der Waals surface area contributed by atoms with E-state index in [4.69, 9.17) is 14.2 Å². The van der Waals surface area contributed by atoms with Gasteiger partial charge in [0.15, 0.2) is 11.5 Å². The standard InChI is InChI=1S/C41H52N6O10/c1-23(2)35-39(52)43-21-28-30(55-4)13-10-14-31(28)57-33-20-26(15-16-32(33)56-5)37(50)42-17-8-9-18-47(22-34(49)45-36(24(3)48)40(53)46-35)41(54)27-19-25-11-6-7-12-29(25)44-38(27)51/h10,13-16,19-20,23-24,35-36,48H,6-9,11-12,17-18,21-22H2,1-5H3,(H,42,50)(H,43,52)(H,44,51)(H,45,49)(H,46,53)/t24-,35-,36+/m1/s1. The van der Waals surface area contributed by atoms with Gasteiger partial charge < -0.3 is 50.5 Å². The number of aliphatic hydroxyl groups excluding tert-OH is 1. The van der Waals surface area contributed by atoms with E-state index in [1.807, 2.05) is 0 Å². The largest absolute Gasteiger partial charge is 0.496 e. The van der Waals surface area contributed by atoms with Crippen LogP contribution in [0.15, 0.2) is 47.3 Å². The van der Waals surface area contributed by atoms with E-state index in [1.165, 1.54) is 32.1 Å². The molecule has 3 aromatic rings. The average Bonchev–Trinajstić information content (AvgIpc) is 3.19. The molecule has 16 heteroatoms. The number of amides is 5. The van der Waals surface area contributed by atoms with Crippen LogP contribution < -0.4 is 41.0 Å². The van der Waals surface area contributed by atoms with E-state index < -0.39 is 65.7 Å². The maximum atomic E-state index is 13.9. The molecule has 2 bridgehead atoms. The lowest BCUT2D eigenvalue weighted by atomic mass is 9.95. The number of nitrogens with zero attached hydrogens (tertiary/aromatic N) is 1. The number of hydrogen-bond acceptors (Lipinski definition) is 10. The molecule has 0 fully saturated rings. The lowest BCUT2D eigenvalue weighted by Gasteiger charge is -2.28. The van der Waals surface area contributed by atoms with Crippen LogP contribution in [0.3, 0.4) is 0 Å². The molecule has 2 aromatic carbocycles. The summed E-state index contributed by atoms with van der Waals surface area (Å²) >= 11 is 0. The molecule has 1 aromatic heterocycles. The van der Waals surface area contributed by atoms with Crippen molar-refractivity contribution in [3.8, 4) is 23.0 Å². The van der Waals surface area contributed by atoms with Crippen LogP contribution in [0.1, 0.15) is 84.0 Å². The van der Waals surface area contributed by atoms with Crippen LogP contribution in [0.2, 0.25) is 0 Å². The molecule has 16 nitrogen and oxygen atoms in total. The molecule has 6 N–H and O–H groups in total. The summed E-state index contributed by atoms with van der Waals surface area (Å²) in [5, 5.41) is 21.5. The first-order chi connectivity index (χ1) is 27.3. The summed E-state index contributed by atoms with van der Waals surface area (Å²) < 4.78 is 17.4. The number of aryl methyl sites for hydroxylation is 2. The molecular formula is C41H52N6O10. The topological polar surface area (TPSA) is 217 Å². The van der Waals surface area contributed by atoms with Gasteiger partial charge in [-0.05, 0) is 93.3 Å². The minimum Gasteiger partial charge on any atom is -0.496 e. The van der Waals surface area contributed by atoms with Crippen molar-refractivity contribution < 1.29 is 43.3 Å². The number of aliphatic hydroxyl groups is 1. The summed E-state index contributed by atoms with van der Waals surface area (Å²) in [5.74, 6) is -2.37. The fourth-order valence-corrected chi connectivity index (χ4v) is 6.87. The van der Waals surface area contributed by atoms with Gasteiger partial charge in [-0.3, -0.25) is 28.8 Å². The number of nitrogens with one attached hydrogen (secondary N) is 5. The summed E-state index contributed by atoms with van der Waals surface area (Å²) in [4.78, 5) is 85.3. The molecule has 5 amide bonds. The molecular weight excluding hydrogens is 736 g/mol. The van der Waals surface area contributed by atoms with Crippen molar-refractivity contribution in [2.75, 3.05) is 33.9 Å². The van der Waals surface area contributed by atoms with Crippen molar-refractivity contribution in [2.24, 2.45) is 5.92 Å². The summed E-state index contributed by atoms with van der Waals surface area (Å²) in [6, 6.07) is 8.78. The van der Waals surface area contributed by atoms with E-state index in [2.05, 4.69) is 26.3 Å². The van der Waals surface area contributed by atoms with Crippen LogP contribution in [0.25, 0.3) is 0 Å². The number of pyridine rings is 1. The van der Waals surface area contributed by atoms with Crippen molar-refractivity contribution >= 4 is 29.5 Å². The lowest BCUT2D eigenvalue weighted by molar-refractivity contribution is -0.135. The third kappa shape index (κ3) is 10.5. The number of aromatic nitrogens is 1. The molecule has 57 heavy (non-hydrogen) atoms. The minimum atomic E-state index is -1.49. The molecule has 306 valence electrons. The first kappa shape index (κ1) is 42.2. The van der Waals surface area contributed by atoms with Gasteiger partial charge in [0.2, 0.25) is 17.7 Å². The normalized spacial score (nSPS) is 19.4. The highest BCUT2D eigenvalue weighted by Crippen LogP contribution is 2.37. The zero-order valence-corrected chi connectivity index (χ0v) is 33.0. The van der Waals surface area contributed by atoms with E-state index in [-0.39, 0.29) is 36.5 Å². The summed E-state index contributed by atoms with van der Waals surface area (Å²) in [5.41, 5.74) is 1.74. The highest BCUT2D eigenvalue weighted by Gasteiger charge is 2.33. The number of hydrogen-bond donors (Lipinski definition) is 6. The molecule has 0 radical (unpaired) electrons. The van der Waals surface area contributed by atoms with Crippen LogP contribution in [0.4, 0.5) is 0 Å². The maximum Gasteiger partial charge on any atom is 0.261 e. The van der Waals surface area contributed by atoms with Crippen LogP contribution >= 0.6 is 0 Å². The zero-order chi connectivity index (χ0) is 41.2. The number of aromatic amines is 1. The Balaban J connectivity index is 1.47. The van der Waals surface area contributed by atoms with Gasteiger partial charge in [-0.1, -0.05) is 19.9 Å². The number of H-pyrrole nitrogens is 1. The van der Waals surface area contributed by atoms with Gasteiger partial charge in [-0.15, -0.1) is 0 Å². The Morgan fingerprint density at radius 1 is 0.842 bits per heavy atom. The van der Waals surface area contributed by atoms with Crippen molar-refractivity contribution in [3.05, 3.63) is 80.8 Å². The molecule has 0 spiro atoms. The predicted molar refractivity (Wildman–Crippen MR) is 209 cm³/mol. The van der Waals surface area contributed by atoms with Crippen molar-refractivity contribution in [1.82, 2.24) is 31.2 Å². The first-order valence-electron chi connectivity index (χ1n) is 19.2. The lowest BCUT2D eigenvalue weighted by Crippen LogP contribution is -2.59. The highest BCUT2D eigenvalue weighted by molar-refractivity contribution is 5.98. The average molecular weight is 789 g/mol. The second-order valence-corrected chi connectivity index (χ2v) is 14.6. The van der Waals surface area contributed by atoms with Gasteiger partial charge in [0.05, 0.1) is 39.0 Å². The molecule has 1 aliphatic heterocycles. The zero-order valence-electron chi connectivity index (χ0n) is 33.0. The molecule has 2 aliphatic rings. The van der Waals surface area contributed by atoms with Crippen LogP contribution in [-0.4, -0.2) is 96.6 Å². The van der Waals surface area contributed by atoms with Crippen LogP contribution in [-0.2, 0) is 33.8 Å². The highest BCUT2D eigenvalue weighted by atomic mass is 16.5. The number of carbonyl (C=O) groups excluding carboxylic acids is 5. The van der Waals surface area contributed by atoms with E-state index >= 15 is 0 Å². The van der Waals surface area contributed by atoms with Crippen molar-refractivity contribution in [2.45, 2.75) is 84.0 Å². The fourth-order valence-electron chi connectivity index (χ4n) is 6.87. The third-order valence-corrected chi connectivity index (χ3v) is 10.1. The van der Waals surface area contributed by atoms with Crippen LogP contribution in [0.5, 0.6) is 23.0 Å². The molecule has 0 unspecified atom stereocenters. The SMILES string of the molecule is COc1ccc2cc1Oc1cccc(OC)c1CNC(=O)[C@@H](C(C)C)NC(=O)[C@H]([C@@H](C)O)NC(=O)CN(C(=O)c1cc3c([nH]c1=O)CCCC3)CCCCNC2=O. The summed E-state index contributed by atoms with van der Waals surface area (Å²) in [7, 11) is 2.94. The van der Waals surface area contributed by atoms with Gasteiger partial charge in [0.1, 0.15) is 29.1 Å². The van der Waals surface area contributed by atoms with E-state index in [9.17, 15) is 33.9 Å². The fraction of sp³-hybridized carbons (Fsp3) is 0.463. The van der Waals surface area contributed by atoms with Gasteiger partial charge in [0, 0.05) is 24.3 Å². The number of rotatable bonds is 5. The van der Waals surface area contributed by atoms with Crippen molar-refractivity contribution in [3.63, 3.8) is 0 Å². The Bertz CT molecular complexity index is 2030. The Kier molecular flexibility index (Phi) is 14.3.